The lowest BCUT2D eigenvalue weighted by molar-refractivity contribution is 0.630. The van der Waals surface area contributed by atoms with Crippen molar-refractivity contribution < 1.29 is 4.39 Å². The summed E-state index contributed by atoms with van der Waals surface area (Å²) in [5, 5.41) is 8.02. The van der Waals surface area contributed by atoms with E-state index in [2.05, 4.69) is 20.3 Å². The highest BCUT2D eigenvalue weighted by Gasteiger charge is 2.14. The van der Waals surface area contributed by atoms with Crippen LogP contribution in [-0.4, -0.2) is 26.5 Å². The molecule has 0 atom stereocenters. The highest BCUT2D eigenvalue weighted by molar-refractivity contribution is 7.23. The van der Waals surface area contributed by atoms with E-state index in [4.69, 9.17) is 4.98 Å². The number of pyridine rings is 1. The molecular formula is C19H14FN5S. The average molecular weight is 363 g/mol. The van der Waals surface area contributed by atoms with Gasteiger partial charge in [0.2, 0.25) is 0 Å². The van der Waals surface area contributed by atoms with Gasteiger partial charge in [0.25, 0.3) is 0 Å². The SMILES string of the molecule is Fc1ccc2c(c1)c1cnccc1c1sc(NCCc3cnc[nH]3)nc21. The van der Waals surface area contributed by atoms with E-state index in [0.717, 1.165) is 55.6 Å². The van der Waals surface area contributed by atoms with E-state index in [1.807, 2.05) is 12.3 Å². The van der Waals surface area contributed by atoms with Crippen molar-refractivity contribution in [3.63, 3.8) is 0 Å². The average Bonchev–Trinajstić information content (AvgIpc) is 3.32. The number of hydrogen-bond acceptors (Lipinski definition) is 5. The van der Waals surface area contributed by atoms with E-state index in [0.29, 0.717) is 0 Å². The molecule has 128 valence electrons. The third-order valence-corrected chi connectivity index (χ3v) is 5.49. The summed E-state index contributed by atoms with van der Waals surface area (Å²) in [5.41, 5.74) is 1.98. The number of hydrogen-bond donors (Lipinski definition) is 2. The Balaban J connectivity index is 1.62. The Kier molecular flexibility index (Phi) is 3.53. The standard InChI is InChI=1S/C19H14FN5S/c20-11-1-2-13-15(7-11)16-9-21-5-4-14(16)18-17(13)25-19(26-18)23-6-3-12-8-22-10-24-12/h1-2,4-5,7-10H,3,6H2,(H,22,24)(H,23,25). The maximum atomic E-state index is 13.8. The van der Waals surface area contributed by atoms with Crippen molar-refractivity contribution in [1.29, 1.82) is 0 Å². The Bertz CT molecular complexity index is 1230. The Labute approximate surface area is 151 Å². The van der Waals surface area contributed by atoms with Gasteiger partial charge in [-0.2, -0.15) is 0 Å². The van der Waals surface area contributed by atoms with Crippen LogP contribution in [0.4, 0.5) is 9.52 Å². The van der Waals surface area contributed by atoms with Crippen LogP contribution in [0.1, 0.15) is 5.69 Å². The Morgan fingerprint density at radius 1 is 1.04 bits per heavy atom. The van der Waals surface area contributed by atoms with E-state index in [1.54, 1.807) is 42.2 Å². The highest BCUT2D eigenvalue weighted by atomic mass is 32.1. The number of benzene rings is 2. The summed E-state index contributed by atoms with van der Waals surface area (Å²) in [7, 11) is 0. The summed E-state index contributed by atoms with van der Waals surface area (Å²) in [6.07, 6.45) is 7.90. The number of aromatic amines is 1. The zero-order valence-corrected chi connectivity index (χ0v) is 14.5. The molecule has 0 saturated heterocycles. The summed E-state index contributed by atoms with van der Waals surface area (Å²) in [6, 6.07) is 6.81. The predicted molar refractivity (Wildman–Crippen MR) is 103 cm³/mol. The lowest BCUT2D eigenvalue weighted by Crippen LogP contribution is -2.04. The molecule has 26 heavy (non-hydrogen) atoms. The largest absolute Gasteiger partial charge is 0.361 e. The number of halogens is 1. The minimum absolute atomic E-state index is 0.255. The van der Waals surface area contributed by atoms with Crippen LogP contribution in [-0.2, 0) is 6.42 Å². The van der Waals surface area contributed by atoms with Gasteiger partial charge in [-0.25, -0.2) is 14.4 Å². The van der Waals surface area contributed by atoms with Gasteiger partial charge >= 0.3 is 0 Å². The molecule has 0 amide bonds. The summed E-state index contributed by atoms with van der Waals surface area (Å²) in [5.74, 6) is -0.255. The van der Waals surface area contributed by atoms with Gasteiger partial charge in [-0.1, -0.05) is 11.3 Å². The lowest BCUT2D eigenvalue weighted by atomic mass is 10.0. The molecule has 7 heteroatoms. The fourth-order valence-corrected chi connectivity index (χ4v) is 4.28. The maximum absolute atomic E-state index is 13.8. The van der Waals surface area contributed by atoms with Crippen LogP contribution in [0.5, 0.6) is 0 Å². The number of rotatable bonds is 4. The Hall–Kier alpha value is -3.06. The summed E-state index contributed by atoms with van der Waals surface area (Å²) in [6.45, 7) is 0.758. The third-order valence-electron chi connectivity index (χ3n) is 4.45. The topological polar surface area (TPSA) is 66.5 Å². The smallest absolute Gasteiger partial charge is 0.183 e. The fourth-order valence-electron chi connectivity index (χ4n) is 3.24. The molecule has 0 saturated carbocycles. The summed E-state index contributed by atoms with van der Waals surface area (Å²) < 4.78 is 14.9. The number of aromatic nitrogens is 4. The first-order valence-electron chi connectivity index (χ1n) is 8.26. The number of anilines is 1. The van der Waals surface area contributed by atoms with Crippen molar-refractivity contribution in [3.05, 3.63) is 60.7 Å². The molecule has 2 N–H and O–H groups in total. The molecule has 2 aromatic carbocycles. The van der Waals surface area contributed by atoms with E-state index in [9.17, 15) is 4.39 Å². The number of thiazole rings is 1. The summed E-state index contributed by atoms with van der Waals surface area (Å²) >= 11 is 1.61. The van der Waals surface area contributed by atoms with Gasteiger partial charge in [-0.15, -0.1) is 0 Å². The normalized spacial score (nSPS) is 11.6. The number of fused-ring (bicyclic) bond motifs is 6. The van der Waals surface area contributed by atoms with Crippen LogP contribution in [0, 0.1) is 5.82 Å². The minimum atomic E-state index is -0.255. The number of nitrogens with zero attached hydrogens (tertiary/aromatic N) is 3. The third kappa shape index (κ3) is 2.48. The first-order chi connectivity index (χ1) is 12.8. The second-order valence-electron chi connectivity index (χ2n) is 6.06. The van der Waals surface area contributed by atoms with Crippen LogP contribution in [0.15, 0.2) is 49.2 Å². The van der Waals surface area contributed by atoms with E-state index in [1.165, 1.54) is 6.07 Å². The van der Waals surface area contributed by atoms with E-state index < -0.39 is 0 Å². The molecule has 3 aromatic heterocycles. The second-order valence-corrected chi connectivity index (χ2v) is 7.06. The molecule has 0 spiro atoms. The first-order valence-corrected chi connectivity index (χ1v) is 9.08. The Morgan fingerprint density at radius 3 is 2.88 bits per heavy atom. The van der Waals surface area contributed by atoms with Crippen LogP contribution >= 0.6 is 11.3 Å². The quantitative estimate of drug-likeness (QED) is 0.461. The zero-order valence-electron chi connectivity index (χ0n) is 13.7. The van der Waals surface area contributed by atoms with Crippen molar-refractivity contribution in [1.82, 2.24) is 19.9 Å². The van der Waals surface area contributed by atoms with Crippen LogP contribution < -0.4 is 5.32 Å². The van der Waals surface area contributed by atoms with Gasteiger partial charge in [0.05, 0.1) is 16.5 Å². The van der Waals surface area contributed by atoms with Gasteiger partial charge in [0.15, 0.2) is 5.13 Å². The van der Waals surface area contributed by atoms with Crippen LogP contribution in [0.25, 0.3) is 31.8 Å². The number of H-pyrrole nitrogens is 1. The van der Waals surface area contributed by atoms with Crippen molar-refractivity contribution in [2.24, 2.45) is 0 Å². The minimum Gasteiger partial charge on any atom is -0.361 e. The van der Waals surface area contributed by atoms with Crippen LogP contribution in [0.2, 0.25) is 0 Å². The molecule has 0 aliphatic rings. The molecule has 0 aliphatic heterocycles. The van der Waals surface area contributed by atoms with Crippen molar-refractivity contribution in [3.8, 4) is 0 Å². The van der Waals surface area contributed by atoms with Gasteiger partial charge in [0.1, 0.15) is 5.82 Å². The molecule has 0 aliphatic carbocycles. The molecule has 0 fully saturated rings. The monoisotopic (exact) mass is 363 g/mol. The van der Waals surface area contributed by atoms with Gasteiger partial charge in [0, 0.05) is 53.4 Å². The van der Waals surface area contributed by atoms with Crippen molar-refractivity contribution in [2.75, 3.05) is 11.9 Å². The van der Waals surface area contributed by atoms with Gasteiger partial charge < -0.3 is 10.3 Å². The van der Waals surface area contributed by atoms with Crippen LogP contribution in [0.3, 0.4) is 0 Å². The molecule has 0 unspecified atom stereocenters. The fraction of sp³-hybridized carbons (Fsp3) is 0.105. The lowest BCUT2D eigenvalue weighted by Gasteiger charge is -2.05. The molecule has 5 rings (SSSR count). The molecule has 5 aromatic rings. The first kappa shape index (κ1) is 15.2. The molecule has 0 radical (unpaired) electrons. The van der Waals surface area contributed by atoms with Crippen molar-refractivity contribution >= 4 is 48.2 Å². The van der Waals surface area contributed by atoms with E-state index >= 15 is 0 Å². The van der Waals surface area contributed by atoms with E-state index in [-0.39, 0.29) is 5.82 Å². The molecular weight excluding hydrogens is 349 g/mol. The molecule has 0 bridgehead atoms. The number of nitrogens with one attached hydrogen (secondary N) is 2. The van der Waals surface area contributed by atoms with Crippen molar-refractivity contribution in [2.45, 2.75) is 6.42 Å². The summed E-state index contributed by atoms with van der Waals surface area (Å²) in [4.78, 5) is 16.1. The Morgan fingerprint density at radius 2 is 2.00 bits per heavy atom. The highest BCUT2D eigenvalue weighted by Crippen LogP contribution is 2.39. The molecule has 5 nitrogen and oxygen atoms in total. The molecule has 3 heterocycles. The van der Waals surface area contributed by atoms with Gasteiger partial charge in [-0.3, -0.25) is 4.98 Å². The van der Waals surface area contributed by atoms with Gasteiger partial charge in [-0.05, 0) is 29.7 Å². The number of imidazole rings is 1. The predicted octanol–water partition coefficient (Wildman–Crippen LogP) is 4.51. The second kappa shape index (κ2) is 6.03. The maximum Gasteiger partial charge on any atom is 0.183 e. The zero-order chi connectivity index (χ0) is 17.5.